The Morgan fingerprint density at radius 1 is 1.03 bits per heavy atom. The van der Waals surface area contributed by atoms with Gasteiger partial charge in [0.2, 0.25) is 0 Å². The van der Waals surface area contributed by atoms with Gasteiger partial charge < -0.3 is 14.8 Å². The first-order chi connectivity index (χ1) is 18.5. The summed E-state index contributed by atoms with van der Waals surface area (Å²) in [7, 11) is 1.49. The van der Waals surface area contributed by atoms with Crippen LogP contribution < -0.4 is 5.32 Å². The van der Waals surface area contributed by atoms with Crippen molar-refractivity contribution in [1.29, 1.82) is 0 Å². The SMILES string of the molecule is COC(=O)C1=C2Nc3ccccc3C23CCN(Cc2ccccc2)C3C(C2CCCCC2COC(C)=O)C1. The summed E-state index contributed by atoms with van der Waals surface area (Å²) in [5.41, 5.74) is 5.29. The lowest BCUT2D eigenvalue weighted by atomic mass is 9.57. The van der Waals surface area contributed by atoms with E-state index >= 15 is 0 Å². The molecule has 1 saturated carbocycles. The van der Waals surface area contributed by atoms with Crippen molar-refractivity contribution in [2.24, 2.45) is 17.8 Å². The van der Waals surface area contributed by atoms with E-state index in [9.17, 15) is 9.59 Å². The van der Waals surface area contributed by atoms with Gasteiger partial charge in [0.05, 0.1) is 24.7 Å². The monoisotopic (exact) mass is 514 g/mol. The fraction of sp³-hybridized carbons (Fsp3) is 0.500. The van der Waals surface area contributed by atoms with Gasteiger partial charge in [0, 0.05) is 37.4 Å². The van der Waals surface area contributed by atoms with Crippen molar-refractivity contribution >= 4 is 17.6 Å². The molecule has 6 rings (SSSR count). The number of ether oxygens (including phenoxy) is 2. The molecule has 5 unspecified atom stereocenters. The molecule has 6 nitrogen and oxygen atoms in total. The summed E-state index contributed by atoms with van der Waals surface area (Å²) >= 11 is 0. The third kappa shape index (κ3) is 4.14. The molecule has 2 fully saturated rings. The number of carbonyl (C=O) groups is 2. The third-order valence-electron chi connectivity index (χ3n) is 9.63. The third-order valence-corrected chi connectivity index (χ3v) is 9.63. The summed E-state index contributed by atoms with van der Waals surface area (Å²) in [4.78, 5) is 27.8. The number of anilines is 1. The van der Waals surface area contributed by atoms with E-state index < -0.39 is 0 Å². The van der Waals surface area contributed by atoms with Crippen LogP contribution in [0.3, 0.4) is 0 Å². The molecular formula is C32H38N2O4. The predicted octanol–water partition coefficient (Wildman–Crippen LogP) is 5.44. The molecule has 1 spiro atoms. The van der Waals surface area contributed by atoms with Crippen LogP contribution in [0.5, 0.6) is 0 Å². The number of methoxy groups -OCH3 is 1. The van der Waals surface area contributed by atoms with Gasteiger partial charge >= 0.3 is 11.9 Å². The molecule has 1 saturated heterocycles. The number of hydrogen-bond donors (Lipinski definition) is 1. The normalized spacial score (nSPS) is 30.2. The van der Waals surface area contributed by atoms with Crippen molar-refractivity contribution in [3.8, 4) is 0 Å². The van der Waals surface area contributed by atoms with Gasteiger partial charge in [0.25, 0.3) is 0 Å². The lowest BCUT2D eigenvalue weighted by Crippen LogP contribution is -2.54. The molecule has 6 heteroatoms. The minimum Gasteiger partial charge on any atom is -0.466 e. The van der Waals surface area contributed by atoms with Crippen LogP contribution in [0.15, 0.2) is 65.9 Å². The van der Waals surface area contributed by atoms with Crippen molar-refractivity contribution in [2.75, 3.05) is 25.6 Å². The summed E-state index contributed by atoms with van der Waals surface area (Å²) in [6.07, 6.45) is 6.14. The number of benzene rings is 2. The van der Waals surface area contributed by atoms with Crippen molar-refractivity contribution in [3.63, 3.8) is 0 Å². The second-order valence-electron chi connectivity index (χ2n) is 11.5. The highest BCUT2D eigenvalue weighted by atomic mass is 16.5. The van der Waals surface area contributed by atoms with E-state index in [0.29, 0.717) is 24.9 Å². The average molecular weight is 515 g/mol. The van der Waals surface area contributed by atoms with Crippen LogP contribution in [-0.4, -0.2) is 43.1 Å². The first-order valence-electron chi connectivity index (χ1n) is 14.1. The Morgan fingerprint density at radius 2 is 1.79 bits per heavy atom. The Hall–Kier alpha value is -3.12. The Kier molecular flexibility index (Phi) is 6.77. The quantitative estimate of drug-likeness (QED) is 0.518. The van der Waals surface area contributed by atoms with Crippen LogP contribution >= 0.6 is 0 Å². The predicted molar refractivity (Wildman–Crippen MR) is 146 cm³/mol. The molecule has 200 valence electrons. The molecule has 2 aromatic rings. The number of likely N-dealkylation sites (tertiary alicyclic amines) is 1. The van der Waals surface area contributed by atoms with Gasteiger partial charge in [-0.2, -0.15) is 0 Å². The molecule has 0 bridgehead atoms. The number of para-hydroxylation sites is 1. The van der Waals surface area contributed by atoms with Gasteiger partial charge in [-0.25, -0.2) is 4.79 Å². The molecule has 2 aromatic carbocycles. The average Bonchev–Trinajstić information content (AvgIpc) is 3.49. The molecule has 5 atom stereocenters. The maximum atomic E-state index is 13.3. The van der Waals surface area contributed by atoms with Crippen molar-refractivity contribution in [2.45, 2.75) is 63.5 Å². The topological polar surface area (TPSA) is 67.9 Å². The molecule has 1 N–H and O–H groups in total. The van der Waals surface area contributed by atoms with Gasteiger partial charge in [-0.3, -0.25) is 9.69 Å². The van der Waals surface area contributed by atoms with Crippen LogP contribution in [0.1, 0.15) is 56.6 Å². The smallest absolute Gasteiger partial charge is 0.335 e. The zero-order chi connectivity index (χ0) is 26.3. The van der Waals surface area contributed by atoms with Gasteiger partial charge in [-0.05, 0) is 60.6 Å². The van der Waals surface area contributed by atoms with Crippen LogP contribution in [0, 0.1) is 17.8 Å². The maximum absolute atomic E-state index is 13.3. The van der Waals surface area contributed by atoms with E-state index in [4.69, 9.17) is 9.47 Å². The first kappa shape index (κ1) is 25.2. The van der Waals surface area contributed by atoms with E-state index in [2.05, 4.69) is 64.8 Å². The minimum atomic E-state index is -0.277. The highest BCUT2D eigenvalue weighted by Gasteiger charge is 2.62. The Balaban J connectivity index is 1.48. The van der Waals surface area contributed by atoms with Gasteiger partial charge in [-0.15, -0.1) is 0 Å². The lowest BCUT2D eigenvalue weighted by molar-refractivity contribution is -0.143. The fourth-order valence-electron chi connectivity index (χ4n) is 8.20. The number of hydrogen-bond acceptors (Lipinski definition) is 6. The number of rotatable bonds is 6. The maximum Gasteiger partial charge on any atom is 0.335 e. The molecule has 38 heavy (non-hydrogen) atoms. The van der Waals surface area contributed by atoms with Gasteiger partial charge in [-0.1, -0.05) is 61.4 Å². The first-order valence-corrected chi connectivity index (χ1v) is 14.1. The van der Waals surface area contributed by atoms with E-state index in [-0.39, 0.29) is 29.3 Å². The lowest BCUT2D eigenvalue weighted by Gasteiger charge is -2.50. The number of carbonyl (C=O) groups excluding carboxylic acids is 2. The molecule has 2 aliphatic heterocycles. The summed E-state index contributed by atoms with van der Waals surface area (Å²) in [5.74, 6) is 0.492. The molecule has 4 aliphatic rings. The van der Waals surface area contributed by atoms with Crippen molar-refractivity contribution in [3.05, 3.63) is 77.0 Å². The van der Waals surface area contributed by atoms with Crippen molar-refractivity contribution < 1.29 is 19.1 Å². The van der Waals surface area contributed by atoms with E-state index in [1.54, 1.807) is 0 Å². The van der Waals surface area contributed by atoms with Crippen LogP contribution in [0.2, 0.25) is 0 Å². The molecule has 2 aliphatic carbocycles. The summed E-state index contributed by atoms with van der Waals surface area (Å²) in [6, 6.07) is 19.5. The Labute approximate surface area is 225 Å². The number of nitrogens with zero attached hydrogens (tertiary/aromatic N) is 1. The number of esters is 2. The minimum absolute atomic E-state index is 0.215. The van der Waals surface area contributed by atoms with Crippen LogP contribution in [-0.2, 0) is 31.0 Å². The standard InChI is InChI=1S/C32H38N2O4/c1-21(35)38-20-23-12-6-7-13-24(23)25-18-26(31(36)37-2)29-32(27-14-8-9-15-28(27)33-29)16-17-34(30(25)32)19-22-10-4-3-5-11-22/h3-5,8-11,14-15,23-25,30,33H,6-7,12-13,16-20H2,1-2H3. The van der Waals surface area contributed by atoms with E-state index in [1.165, 1.54) is 31.6 Å². The van der Waals surface area contributed by atoms with Gasteiger partial charge in [0.15, 0.2) is 0 Å². The fourth-order valence-corrected chi connectivity index (χ4v) is 8.20. The number of fused-ring (bicyclic) bond motifs is 1. The largest absolute Gasteiger partial charge is 0.466 e. The summed E-state index contributed by atoms with van der Waals surface area (Å²) < 4.78 is 11.0. The van der Waals surface area contributed by atoms with E-state index in [1.807, 2.05) is 0 Å². The second-order valence-corrected chi connectivity index (χ2v) is 11.5. The van der Waals surface area contributed by atoms with E-state index in [0.717, 1.165) is 55.7 Å². The van der Waals surface area contributed by atoms with Gasteiger partial charge in [0.1, 0.15) is 0 Å². The highest BCUT2D eigenvalue weighted by Crippen LogP contribution is 2.61. The molecule has 0 amide bonds. The summed E-state index contributed by atoms with van der Waals surface area (Å²) in [5, 5.41) is 3.71. The second kappa shape index (κ2) is 10.2. The van der Waals surface area contributed by atoms with Crippen molar-refractivity contribution in [1.82, 2.24) is 4.90 Å². The van der Waals surface area contributed by atoms with Crippen LogP contribution in [0.25, 0.3) is 0 Å². The zero-order valence-corrected chi connectivity index (χ0v) is 22.4. The molecule has 0 aromatic heterocycles. The number of nitrogens with one attached hydrogen (secondary N) is 1. The Morgan fingerprint density at radius 3 is 2.58 bits per heavy atom. The Bertz CT molecular complexity index is 1240. The summed E-state index contributed by atoms with van der Waals surface area (Å²) in [6.45, 7) is 3.81. The molecular weight excluding hydrogens is 476 g/mol. The zero-order valence-electron chi connectivity index (χ0n) is 22.4. The van der Waals surface area contributed by atoms with Crippen LogP contribution in [0.4, 0.5) is 5.69 Å². The highest BCUT2D eigenvalue weighted by molar-refractivity contribution is 5.93. The molecule has 0 radical (unpaired) electrons. The molecule has 2 heterocycles.